The SMILES string of the molecule is CC1CN(C(=O)CN2CCN(c3nccs3)CC2)CC(C)O1. The molecule has 2 atom stereocenters. The average Bonchev–Trinajstić information content (AvgIpc) is 3.01. The fourth-order valence-corrected chi connectivity index (χ4v) is 3.84. The Bertz CT molecular complexity index is 478. The molecule has 0 spiro atoms. The van der Waals surface area contributed by atoms with Gasteiger partial charge >= 0.3 is 0 Å². The summed E-state index contributed by atoms with van der Waals surface area (Å²) in [6, 6.07) is 0. The van der Waals surface area contributed by atoms with E-state index in [9.17, 15) is 4.79 Å². The maximum Gasteiger partial charge on any atom is 0.236 e. The molecule has 22 heavy (non-hydrogen) atoms. The molecule has 1 aromatic heterocycles. The van der Waals surface area contributed by atoms with Crippen LogP contribution in [-0.4, -0.2) is 78.7 Å². The van der Waals surface area contributed by atoms with Gasteiger partial charge in [-0.1, -0.05) is 0 Å². The number of piperazine rings is 1. The Kier molecular flexibility index (Phi) is 4.95. The summed E-state index contributed by atoms with van der Waals surface area (Å²) in [6.07, 6.45) is 2.11. The second-order valence-corrected chi connectivity index (χ2v) is 7.01. The van der Waals surface area contributed by atoms with E-state index in [1.54, 1.807) is 11.3 Å². The second-order valence-electron chi connectivity index (χ2n) is 6.13. The van der Waals surface area contributed by atoms with Crippen LogP contribution in [0.2, 0.25) is 0 Å². The van der Waals surface area contributed by atoms with Crippen LogP contribution in [0, 0.1) is 0 Å². The standard InChI is InChI=1S/C15H24N4O2S/c1-12-9-19(10-13(2)21-12)14(20)11-17-4-6-18(7-5-17)15-16-3-8-22-15/h3,8,12-13H,4-7,9-11H2,1-2H3. The van der Waals surface area contributed by atoms with Gasteiger partial charge in [-0.15, -0.1) is 11.3 Å². The van der Waals surface area contributed by atoms with Crippen molar-refractivity contribution in [1.29, 1.82) is 0 Å². The molecule has 3 rings (SSSR count). The fraction of sp³-hybridized carbons (Fsp3) is 0.733. The zero-order valence-electron chi connectivity index (χ0n) is 13.3. The van der Waals surface area contributed by atoms with E-state index in [-0.39, 0.29) is 18.1 Å². The van der Waals surface area contributed by atoms with E-state index >= 15 is 0 Å². The highest BCUT2D eigenvalue weighted by molar-refractivity contribution is 7.13. The summed E-state index contributed by atoms with van der Waals surface area (Å²) in [4.78, 5) is 23.3. The van der Waals surface area contributed by atoms with Gasteiger partial charge in [0.1, 0.15) is 0 Å². The maximum absolute atomic E-state index is 12.5. The van der Waals surface area contributed by atoms with Crippen LogP contribution in [0.1, 0.15) is 13.8 Å². The van der Waals surface area contributed by atoms with Gasteiger partial charge in [-0.3, -0.25) is 9.69 Å². The molecule has 7 heteroatoms. The number of hydrogen-bond acceptors (Lipinski definition) is 6. The number of carbonyl (C=O) groups excluding carboxylic acids is 1. The molecule has 0 bridgehead atoms. The molecular formula is C15H24N4O2S. The Balaban J connectivity index is 1.47. The highest BCUT2D eigenvalue weighted by Gasteiger charge is 2.28. The van der Waals surface area contributed by atoms with Crippen LogP contribution in [0.5, 0.6) is 0 Å². The molecule has 2 aliphatic rings. The molecule has 2 unspecified atom stereocenters. The molecule has 3 heterocycles. The molecule has 0 aromatic carbocycles. The topological polar surface area (TPSA) is 48.9 Å². The van der Waals surface area contributed by atoms with Gasteiger partial charge in [0.25, 0.3) is 0 Å². The van der Waals surface area contributed by atoms with Crippen molar-refractivity contribution in [2.45, 2.75) is 26.1 Å². The van der Waals surface area contributed by atoms with Crippen LogP contribution in [0.25, 0.3) is 0 Å². The largest absolute Gasteiger partial charge is 0.372 e. The highest BCUT2D eigenvalue weighted by Crippen LogP contribution is 2.19. The normalized spacial score (nSPS) is 27.2. The third-order valence-electron chi connectivity index (χ3n) is 4.19. The van der Waals surface area contributed by atoms with Crippen molar-refractivity contribution >= 4 is 22.4 Å². The first kappa shape index (κ1) is 15.7. The lowest BCUT2D eigenvalue weighted by Crippen LogP contribution is -2.53. The van der Waals surface area contributed by atoms with Crippen LogP contribution in [0.15, 0.2) is 11.6 Å². The zero-order chi connectivity index (χ0) is 15.5. The van der Waals surface area contributed by atoms with Gasteiger partial charge in [0.2, 0.25) is 5.91 Å². The number of nitrogens with zero attached hydrogens (tertiary/aromatic N) is 4. The van der Waals surface area contributed by atoms with Gasteiger partial charge in [0.05, 0.1) is 18.8 Å². The Morgan fingerprint density at radius 2 is 1.95 bits per heavy atom. The number of amides is 1. The number of morpholine rings is 1. The molecule has 0 saturated carbocycles. The van der Waals surface area contributed by atoms with Crippen molar-refractivity contribution in [2.75, 3.05) is 50.7 Å². The molecule has 0 aliphatic carbocycles. The molecule has 1 amide bonds. The van der Waals surface area contributed by atoms with Crippen molar-refractivity contribution in [1.82, 2.24) is 14.8 Å². The smallest absolute Gasteiger partial charge is 0.236 e. The molecule has 0 radical (unpaired) electrons. The lowest BCUT2D eigenvalue weighted by molar-refractivity contribution is -0.144. The highest BCUT2D eigenvalue weighted by atomic mass is 32.1. The predicted octanol–water partition coefficient (Wildman–Crippen LogP) is 0.901. The second kappa shape index (κ2) is 6.93. The minimum absolute atomic E-state index is 0.134. The van der Waals surface area contributed by atoms with Crippen LogP contribution in [-0.2, 0) is 9.53 Å². The van der Waals surface area contributed by atoms with Gasteiger partial charge < -0.3 is 14.5 Å². The third-order valence-corrected chi connectivity index (χ3v) is 5.03. The molecule has 0 N–H and O–H groups in total. The van der Waals surface area contributed by atoms with Crippen molar-refractivity contribution in [3.05, 3.63) is 11.6 Å². The lowest BCUT2D eigenvalue weighted by Gasteiger charge is -2.38. The maximum atomic E-state index is 12.5. The molecular weight excluding hydrogens is 300 g/mol. The molecule has 2 fully saturated rings. The van der Waals surface area contributed by atoms with Crippen LogP contribution in [0.4, 0.5) is 5.13 Å². The summed E-state index contributed by atoms with van der Waals surface area (Å²) in [5.41, 5.74) is 0. The van der Waals surface area contributed by atoms with Gasteiger partial charge in [-0.25, -0.2) is 4.98 Å². The number of rotatable bonds is 3. The zero-order valence-corrected chi connectivity index (χ0v) is 14.1. The third kappa shape index (κ3) is 3.77. The Morgan fingerprint density at radius 1 is 1.27 bits per heavy atom. The summed E-state index contributed by atoms with van der Waals surface area (Å²) in [6.45, 7) is 9.72. The number of aromatic nitrogens is 1. The summed E-state index contributed by atoms with van der Waals surface area (Å²) >= 11 is 1.67. The van der Waals surface area contributed by atoms with E-state index in [1.165, 1.54) is 0 Å². The van der Waals surface area contributed by atoms with Crippen molar-refractivity contribution in [3.63, 3.8) is 0 Å². The predicted molar refractivity (Wildman–Crippen MR) is 87.4 cm³/mol. The first-order chi connectivity index (χ1) is 10.6. The Labute approximate surface area is 135 Å². The summed E-state index contributed by atoms with van der Waals surface area (Å²) < 4.78 is 5.69. The van der Waals surface area contributed by atoms with E-state index in [0.717, 1.165) is 31.3 Å². The number of hydrogen-bond donors (Lipinski definition) is 0. The molecule has 2 saturated heterocycles. The van der Waals surface area contributed by atoms with Gasteiger partial charge in [0.15, 0.2) is 5.13 Å². The lowest BCUT2D eigenvalue weighted by atomic mass is 10.2. The van der Waals surface area contributed by atoms with E-state index < -0.39 is 0 Å². The minimum Gasteiger partial charge on any atom is -0.372 e. The van der Waals surface area contributed by atoms with E-state index in [4.69, 9.17) is 4.74 Å². The molecule has 6 nitrogen and oxygen atoms in total. The summed E-state index contributed by atoms with van der Waals surface area (Å²) in [5.74, 6) is 0.227. The molecule has 2 aliphatic heterocycles. The minimum atomic E-state index is 0.134. The number of thiazole rings is 1. The Morgan fingerprint density at radius 3 is 2.55 bits per heavy atom. The first-order valence-corrected chi connectivity index (χ1v) is 8.80. The van der Waals surface area contributed by atoms with Crippen LogP contribution in [0.3, 0.4) is 0 Å². The number of anilines is 1. The monoisotopic (exact) mass is 324 g/mol. The van der Waals surface area contributed by atoms with Crippen molar-refractivity contribution < 1.29 is 9.53 Å². The van der Waals surface area contributed by atoms with Crippen LogP contribution < -0.4 is 4.90 Å². The van der Waals surface area contributed by atoms with Crippen molar-refractivity contribution in [3.8, 4) is 0 Å². The quantitative estimate of drug-likeness (QED) is 0.827. The van der Waals surface area contributed by atoms with E-state index in [1.807, 2.05) is 30.3 Å². The van der Waals surface area contributed by atoms with Gasteiger partial charge in [-0.05, 0) is 13.8 Å². The van der Waals surface area contributed by atoms with Gasteiger partial charge in [0, 0.05) is 50.8 Å². The van der Waals surface area contributed by atoms with E-state index in [2.05, 4.69) is 14.8 Å². The average molecular weight is 324 g/mol. The first-order valence-electron chi connectivity index (χ1n) is 7.92. The summed E-state index contributed by atoms with van der Waals surface area (Å²) in [5, 5.41) is 3.09. The number of carbonyl (C=O) groups is 1. The van der Waals surface area contributed by atoms with Crippen LogP contribution >= 0.6 is 11.3 Å². The van der Waals surface area contributed by atoms with Gasteiger partial charge in [-0.2, -0.15) is 0 Å². The summed E-state index contributed by atoms with van der Waals surface area (Å²) in [7, 11) is 0. The van der Waals surface area contributed by atoms with E-state index in [0.29, 0.717) is 19.6 Å². The van der Waals surface area contributed by atoms with Crippen molar-refractivity contribution in [2.24, 2.45) is 0 Å². The molecule has 1 aromatic rings. The Hall–Kier alpha value is -1.18. The molecule has 122 valence electrons. The number of ether oxygens (including phenoxy) is 1. The fourth-order valence-electron chi connectivity index (χ4n) is 3.14.